The molecule has 3 aromatic rings. The number of benzene rings is 2. The first-order valence-electron chi connectivity index (χ1n) is 11.0. The van der Waals surface area contributed by atoms with Gasteiger partial charge in [-0.2, -0.15) is 0 Å². The van der Waals surface area contributed by atoms with Gasteiger partial charge in [-0.1, -0.05) is 60.7 Å². The SMILES string of the molecule is CC(c1ccc(-c2ccc(N)nc2)cc1)N1CCC(CCC(N)=O)OC1=O.c1ccccc1. The maximum Gasteiger partial charge on any atom is 0.410 e. The van der Waals surface area contributed by atoms with Gasteiger partial charge in [-0.05, 0) is 36.6 Å². The van der Waals surface area contributed by atoms with E-state index in [9.17, 15) is 9.59 Å². The Labute approximate surface area is 194 Å². The van der Waals surface area contributed by atoms with Crippen LogP contribution in [-0.4, -0.2) is 34.5 Å². The number of anilines is 1. The van der Waals surface area contributed by atoms with Crippen molar-refractivity contribution in [3.63, 3.8) is 0 Å². The molecule has 1 saturated heterocycles. The Morgan fingerprint density at radius 3 is 2.18 bits per heavy atom. The standard InChI is InChI=1S/C20H24N4O3.C6H6/c1-13(24-11-10-17(27-20(24)26)7-9-19(22)25)14-2-4-15(5-3-14)16-6-8-18(21)23-12-16;1-2-4-6-5-3-1/h2-6,8,12-13,17H,7,9-11H2,1H3,(H2,21,23)(H2,22,25);1-6H. The van der Waals surface area contributed by atoms with E-state index >= 15 is 0 Å². The van der Waals surface area contributed by atoms with Crippen molar-refractivity contribution in [2.24, 2.45) is 5.73 Å². The van der Waals surface area contributed by atoms with Gasteiger partial charge in [-0.3, -0.25) is 4.79 Å². The maximum absolute atomic E-state index is 12.4. The van der Waals surface area contributed by atoms with Gasteiger partial charge in [0.1, 0.15) is 11.9 Å². The molecule has 2 heterocycles. The van der Waals surface area contributed by atoms with Crippen molar-refractivity contribution in [3.05, 3.63) is 84.6 Å². The highest BCUT2D eigenvalue weighted by molar-refractivity contribution is 5.74. The van der Waals surface area contributed by atoms with E-state index < -0.39 is 0 Å². The molecular formula is C26H30N4O3. The van der Waals surface area contributed by atoms with Crippen LogP contribution < -0.4 is 11.5 Å². The summed E-state index contributed by atoms with van der Waals surface area (Å²) in [4.78, 5) is 29.1. The number of carbonyl (C=O) groups is 2. The van der Waals surface area contributed by atoms with Gasteiger partial charge >= 0.3 is 6.09 Å². The van der Waals surface area contributed by atoms with E-state index in [1.54, 1.807) is 17.2 Å². The Morgan fingerprint density at radius 1 is 1.06 bits per heavy atom. The van der Waals surface area contributed by atoms with E-state index in [2.05, 4.69) is 4.98 Å². The van der Waals surface area contributed by atoms with Crippen molar-refractivity contribution < 1.29 is 14.3 Å². The summed E-state index contributed by atoms with van der Waals surface area (Å²) in [7, 11) is 0. The minimum Gasteiger partial charge on any atom is -0.446 e. The molecule has 0 spiro atoms. The Morgan fingerprint density at radius 2 is 1.67 bits per heavy atom. The van der Waals surface area contributed by atoms with E-state index in [1.807, 2.05) is 73.7 Å². The van der Waals surface area contributed by atoms with Crippen molar-refractivity contribution in [3.8, 4) is 11.1 Å². The first-order valence-corrected chi connectivity index (χ1v) is 11.0. The van der Waals surface area contributed by atoms with E-state index in [4.69, 9.17) is 16.2 Å². The zero-order chi connectivity index (χ0) is 23.6. The fourth-order valence-electron chi connectivity index (χ4n) is 3.60. The van der Waals surface area contributed by atoms with Crippen LogP contribution >= 0.6 is 0 Å². The first-order chi connectivity index (χ1) is 15.9. The topological polar surface area (TPSA) is 112 Å². The van der Waals surface area contributed by atoms with Gasteiger partial charge in [0, 0.05) is 31.1 Å². The average molecular weight is 447 g/mol. The second kappa shape index (κ2) is 11.7. The number of cyclic esters (lactones) is 1. The van der Waals surface area contributed by atoms with Crippen LogP contribution in [0.25, 0.3) is 11.1 Å². The van der Waals surface area contributed by atoms with Crippen molar-refractivity contribution in [2.45, 2.75) is 38.3 Å². The van der Waals surface area contributed by atoms with Gasteiger partial charge in [-0.15, -0.1) is 0 Å². The zero-order valence-corrected chi connectivity index (χ0v) is 18.8. The maximum atomic E-state index is 12.4. The molecule has 0 bridgehead atoms. The fourth-order valence-corrected chi connectivity index (χ4v) is 3.60. The second-order valence-corrected chi connectivity index (χ2v) is 7.92. The van der Waals surface area contributed by atoms with Crippen LogP contribution in [0, 0.1) is 0 Å². The lowest BCUT2D eigenvalue weighted by atomic mass is 10.0. The summed E-state index contributed by atoms with van der Waals surface area (Å²) in [6.45, 7) is 2.57. The second-order valence-electron chi connectivity index (χ2n) is 7.92. The molecule has 0 saturated carbocycles. The average Bonchev–Trinajstić information content (AvgIpc) is 2.84. The van der Waals surface area contributed by atoms with E-state index in [1.165, 1.54) is 0 Å². The molecule has 0 aliphatic carbocycles. The highest BCUT2D eigenvalue weighted by atomic mass is 16.6. The normalized spacial score (nSPS) is 16.2. The molecule has 33 heavy (non-hydrogen) atoms. The Kier molecular flexibility index (Phi) is 8.41. The summed E-state index contributed by atoms with van der Waals surface area (Å²) in [5.41, 5.74) is 13.8. The van der Waals surface area contributed by atoms with Crippen molar-refractivity contribution in [2.75, 3.05) is 12.3 Å². The third-order valence-corrected chi connectivity index (χ3v) is 5.55. The molecule has 7 heteroatoms. The summed E-state index contributed by atoms with van der Waals surface area (Å²) in [5.74, 6) is 0.111. The molecule has 1 aliphatic heterocycles. The van der Waals surface area contributed by atoms with Crippen molar-refractivity contribution in [1.29, 1.82) is 0 Å². The number of nitrogen functional groups attached to an aromatic ring is 1. The minimum atomic E-state index is -0.377. The monoisotopic (exact) mass is 446 g/mol. The predicted octanol–water partition coefficient (Wildman–Crippen LogP) is 4.55. The molecule has 1 aliphatic rings. The smallest absolute Gasteiger partial charge is 0.410 e. The van der Waals surface area contributed by atoms with Crippen LogP contribution in [0.1, 0.15) is 37.8 Å². The molecule has 1 aromatic heterocycles. The van der Waals surface area contributed by atoms with Gasteiger partial charge in [0.25, 0.3) is 0 Å². The van der Waals surface area contributed by atoms with Gasteiger partial charge in [-0.25, -0.2) is 9.78 Å². The number of pyridine rings is 1. The van der Waals surface area contributed by atoms with Crippen LogP contribution in [0.5, 0.6) is 0 Å². The van der Waals surface area contributed by atoms with Gasteiger partial charge < -0.3 is 21.1 Å². The number of hydrogen-bond donors (Lipinski definition) is 2. The van der Waals surface area contributed by atoms with Crippen molar-refractivity contribution in [1.82, 2.24) is 9.88 Å². The molecule has 2 atom stereocenters. The highest BCUT2D eigenvalue weighted by Gasteiger charge is 2.31. The molecule has 2 unspecified atom stereocenters. The lowest BCUT2D eigenvalue weighted by Gasteiger charge is -2.35. The number of nitrogens with zero attached hydrogens (tertiary/aromatic N) is 2. The molecule has 1 fully saturated rings. The van der Waals surface area contributed by atoms with Gasteiger partial charge in [0.15, 0.2) is 0 Å². The number of amides is 2. The molecule has 2 amide bonds. The molecular weight excluding hydrogens is 416 g/mol. The van der Waals surface area contributed by atoms with Crippen LogP contribution in [-0.2, 0) is 9.53 Å². The number of aromatic nitrogens is 1. The number of carbonyl (C=O) groups excluding carboxylic acids is 2. The molecule has 0 radical (unpaired) electrons. The first kappa shape index (κ1) is 23.8. The Hall–Kier alpha value is -3.87. The largest absolute Gasteiger partial charge is 0.446 e. The quantitative estimate of drug-likeness (QED) is 0.577. The van der Waals surface area contributed by atoms with E-state index in [0.29, 0.717) is 25.2 Å². The molecule has 172 valence electrons. The summed E-state index contributed by atoms with van der Waals surface area (Å²) >= 11 is 0. The lowest BCUT2D eigenvalue weighted by molar-refractivity contribution is -0.118. The molecule has 4 N–H and O–H groups in total. The van der Waals surface area contributed by atoms with E-state index in [0.717, 1.165) is 16.7 Å². The van der Waals surface area contributed by atoms with Crippen molar-refractivity contribution >= 4 is 17.8 Å². The Balaban J connectivity index is 0.000000442. The Bertz CT molecular complexity index is 997. The summed E-state index contributed by atoms with van der Waals surface area (Å²) < 4.78 is 5.46. The fraction of sp³-hybridized carbons (Fsp3) is 0.269. The van der Waals surface area contributed by atoms with Gasteiger partial charge in [0.2, 0.25) is 5.91 Å². The van der Waals surface area contributed by atoms with Crippen LogP contribution in [0.2, 0.25) is 0 Å². The minimum absolute atomic E-state index is 0.104. The third kappa shape index (κ3) is 7.07. The number of hydrogen-bond acceptors (Lipinski definition) is 5. The predicted molar refractivity (Wildman–Crippen MR) is 129 cm³/mol. The number of rotatable bonds is 6. The third-order valence-electron chi connectivity index (χ3n) is 5.55. The van der Waals surface area contributed by atoms with Gasteiger partial charge in [0.05, 0.1) is 6.04 Å². The molecule has 4 rings (SSSR count). The summed E-state index contributed by atoms with van der Waals surface area (Å²) in [5, 5.41) is 0. The zero-order valence-electron chi connectivity index (χ0n) is 18.8. The summed E-state index contributed by atoms with van der Waals surface area (Å²) in [6.07, 6.45) is 2.55. The van der Waals surface area contributed by atoms with Crippen LogP contribution in [0.4, 0.5) is 10.6 Å². The number of ether oxygens (including phenoxy) is 1. The molecule has 2 aromatic carbocycles. The lowest BCUT2D eigenvalue weighted by Crippen LogP contribution is -2.43. The number of primary amides is 1. The summed E-state index contributed by atoms with van der Waals surface area (Å²) in [6, 6.07) is 23.6. The molecule has 7 nitrogen and oxygen atoms in total. The van der Waals surface area contributed by atoms with Crippen LogP contribution in [0.3, 0.4) is 0 Å². The number of nitrogens with two attached hydrogens (primary N) is 2. The van der Waals surface area contributed by atoms with Crippen LogP contribution in [0.15, 0.2) is 79.0 Å². The van der Waals surface area contributed by atoms with E-state index in [-0.39, 0.29) is 30.6 Å². The highest BCUT2D eigenvalue weighted by Crippen LogP contribution is 2.28.